The summed E-state index contributed by atoms with van der Waals surface area (Å²) in [4.78, 5) is 0. The third kappa shape index (κ3) is 2.99. The molecule has 0 saturated heterocycles. The molecule has 56 valence electrons. The maximum Gasteiger partial charge on any atom is 0.0214 e. The first kappa shape index (κ1) is 9.66. The molecule has 0 aromatic rings. The van der Waals surface area contributed by atoms with Crippen molar-refractivity contribution in [3.05, 3.63) is 35.4 Å². The van der Waals surface area contributed by atoms with Crippen molar-refractivity contribution in [1.82, 2.24) is 5.32 Å². The Morgan fingerprint density at radius 1 is 1.50 bits per heavy atom. The van der Waals surface area contributed by atoms with E-state index in [4.69, 9.17) is 0 Å². The third-order valence-corrected chi connectivity index (χ3v) is 1.93. The van der Waals surface area contributed by atoms with Crippen LogP contribution in [0.15, 0.2) is 35.4 Å². The van der Waals surface area contributed by atoms with Gasteiger partial charge in [0.25, 0.3) is 0 Å². The zero-order valence-corrected chi connectivity index (χ0v) is 7.74. The fraction of sp³-hybridized carbons (Fsp3) is 0.250. The van der Waals surface area contributed by atoms with Gasteiger partial charge in [-0.3, -0.25) is 0 Å². The molecule has 2 heteroatoms. The van der Waals surface area contributed by atoms with Crippen LogP contribution in [0.2, 0.25) is 0 Å². The highest BCUT2D eigenvalue weighted by Gasteiger charge is 1.93. The number of hydrogen-bond acceptors (Lipinski definition) is 1. The average Bonchev–Trinajstić information content (AvgIpc) is 1.99. The monoisotopic (exact) mass is 201 g/mol. The van der Waals surface area contributed by atoms with Crippen molar-refractivity contribution in [3.8, 4) is 0 Å². The number of allylic oxidation sites excluding steroid dienone is 2. The highest BCUT2D eigenvalue weighted by Crippen LogP contribution is 2.12. The molecular formula is C8H12BrN. The lowest BCUT2D eigenvalue weighted by Crippen LogP contribution is -2.09. The van der Waals surface area contributed by atoms with Gasteiger partial charge in [-0.1, -0.05) is 41.2 Å². The lowest BCUT2D eigenvalue weighted by atomic mass is 10.2. The molecule has 0 saturated carbocycles. The smallest absolute Gasteiger partial charge is 0.0214 e. The second kappa shape index (κ2) is 5.45. The molecule has 0 rings (SSSR count). The second-order valence-corrected chi connectivity index (χ2v) is 2.67. The highest BCUT2D eigenvalue weighted by molar-refractivity contribution is 9.11. The summed E-state index contributed by atoms with van der Waals surface area (Å²) < 4.78 is 0.997. The van der Waals surface area contributed by atoms with E-state index in [9.17, 15) is 0 Å². The maximum absolute atomic E-state index is 3.67. The minimum atomic E-state index is 0.816. The summed E-state index contributed by atoms with van der Waals surface area (Å²) in [6.45, 7) is 8.12. The Morgan fingerprint density at radius 2 is 2.10 bits per heavy atom. The first-order valence-corrected chi connectivity index (χ1v) is 3.83. The summed E-state index contributed by atoms with van der Waals surface area (Å²) in [5, 5.41) is 3.03. The maximum atomic E-state index is 3.67. The van der Waals surface area contributed by atoms with Crippen LogP contribution in [0.3, 0.4) is 0 Å². The Morgan fingerprint density at radius 3 is 2.40 bits per heavy atom. The predicted molar refractivity (Wildman–Crippen MR) is 50.3 cm³/mol. The van der Waals surface area contributed by atoms with Crippen molar-refractivity contribution in [2.24, 2.45) is 0 Å². The second-order valence-electron chi connectivity index (χ2n) is 1.81. The molecule has 0 aliphatic heterocycles. The van der Waals surface area contributed by atoms with Gasteiger partial charge in [0.05, 0.1) is 0 Å². The van der Waals surface area contributed by atoms with E-state index < -0.39 is 0 Å². The Hall–Kier alpha value is -0.340. The van der Waals surface area contributed by atoms with Crippen LogP contribution in [0.4, 0.5) is 0 Å². The lowest BCUT2D eigenvalue weighted by molar-refractivity contribution is 0.895. The van der Waals surface area contributed by atoms with Gasteiger partial charge in [0.1, 0.15) is 0 Å². The minimum absolute atomic E-state index is 0.816. The van der Waals surface area contributed by atoms with Crippen molar-refractivity contribution in [2.45, 2.75) is 0 Å². The van der Waals surface area contributed by atoms with E-state index in [0.717, 1.165) is 16.6 Å². The van der Waals surface area contributed by atoms with Crippen LogP contribution in [-0.2, 0) is 0 Å². The quantitative estimate of drug-likeness (QED) is 0.689. The van der Waals surface area contributed by atoms with Gasteiger partial charge in [-0.05, 0) is 12.6 Å². The largest absolute Gasteiger partial charge is 0.316 e. The standard InChI is InChI=1S/C8H12BrN/c1-4-7(6-10-3)8(9)5-2/h4-5,10H,1-2,6H2,3H3/b8-7-. The summed E-state index contributed by atoms with van der Waals surface area (Å²) >= 11 is 3.35. The van der Waals surface area contributed by atoms with Crippen molar-refractivity contribution in [1.29, 1.82) is 0 Å². The summed E-state index contributed by atoms with van der Waals surface area (Å²) in [7, 11) is 1.90. The summed E-state index contributed by atoms with van der Waals surface area (Å²) in [6, 6.07) is 0. The van der Waals surface area contributed by atoms with Crippen molar-refractivity contribution in [2.75, 3.05) is 13.6 Å². The van der Waals surface area contributed by atoms with Crippen molar-refractivity contribution < 1.29 is 0 Å². The molecule has 0 aliphatic rings. The number of nitrogens with one attached hydrogen (secondary N) is 1. The normalized spacial score (nSPS) is 12.2. The summed E-state index contributed by atoms with van der Waals surface area (Å²) in [5.41, 5.74) is 1.12. The van der Waals surface area contributed by atoms with E-state index in [2.05, 4.69) is 34.4 Å². The average molecular weight is 202 g/mol. The van der Waals surface area contributed by atoms with Crippen LogP contribution in [-0.4, -0.2) is 13.6 Å². The van der Waals surface area contributed by atoms with Crippen LogP contribution in [0.1, 0.15) is 0 Å². The molecule has 1 nitrogen and oxygen atoms in total. The summed E-state index contributed by atoms with van der Waals surface area (Å²) in [5.74, 6) is 0. The summed E-state index contributed by atoms with van der Waals surface area (Å²) in [6.07, 6.45) is 3.57. The van der Waals surface area contributed by atoms with Gasteiger partial charge in [0.15, 0.2) is 0 Å². The number of rotatable bonds is 4. The van der Waals surface area contributed by atoms with Gasteiger partial charge in [-0.25, -0.2) is 0 Å². The SMILES string of the molecule is C=C/C(Br)=C(\C=C)CNC. The Kier molecular flexibility index (Phi) is 5.26. The van der Waals surface area contributed by atoms with E-state index in [0.29, 0.717) is 0 Å². The fourth-order valence-corrected chi connectivity index (χ4v) is 0.878. The Labute approximate surface area is 70.6 Å². The van der Waals surface area contributed by atoms with Gasteiger partial charge in [0.2, 0.25) is 0 Å². The molecule has 1 N–H and O–H groups in total. The molecule has 0 radical (unpaired) electrons. The van der Waals surface area contributed by atoms with E-state index in [1.54, 1.807) is 6.08 Å². The molecule has 0 aromatic carbocycles. The predicted octanol–water partition coefficient (Wildman–Crippen LogP) is 2.23. The molecular weight excluding hydrogens is 190 g/mol. The van der Waals surface area contributed by atoms with E-state index in [1.807, 2.05) is 13.1 Å². The lowest BCUT2D eigenvalue weighted by Gasteiger charge is -2.00. The zero-order valence-electron chi connectivity index (χ0n) is 6.15. The number of hydrogen-bond donors (Lipinski definition) is 1. The molecule has 0 aromatic heterocycles. The molecule has 0 spiro atoms. The van der Waals surface area contributed by atoms with Crippen LogP contribution in [0, 0.1) is 0 Å². The first-order valence-electron chi connectivity index (χ1n) is 3.04. The van der Waals surface area contributed by atoms with Crippen molar-refractivity contribution >= 4 is 15.9 Å². The fourth-order valence-electron chi connectivity index (χ4n) is 0.576. The van der Waals surface area contributed by atoms with Gasteiger partial charge in [-0.2, -0.15) is 0 Å². The highest BCUT2D eigenvalue weighted by atomic mass is 79.9. The van der Waals surface area contributed by atoms with E-state index in [1.165, 1.54) is 0 Å². The molecule has 0 amide bonds. The molecule has 0 fully saturated rings. The topological polar surface area (TPSA) is 12.0 Å². The van der Waals surface area contributed by atoms with Crippen LogP contribution < -0.4 is 5.32 Å². The molecule has 10 heavy (non-hydrogen) atoms. The van der Waals surface area contributed by atoms with E-state index >= 15 is 0 Å². The van der Waals surface area contributed by atoms with E-state index in [-0.39, 0.29) is 0 Å². The molecule has 0 heterocycles. The Bertz CT molecular complexity index is 159. The first-order chi connectivity index (χ1) is 4.76. The Balaban J connectivity index is 4.28. The molecule has 0 unspecified atom stereocenters. The van der Waals surface area contributed by atoms with Crippen LogP contribution in [0.5, 0.6) is 0 Å². The minimum Gasteiger partial charge on any atom is -0.316 e. The van der Waals surface area contributed by atoms with Crippen molar-refractivity contribution in [3.63, 3.8) is 0 Å². The zero-order chi connectivity index (χ0) is 7.98. The van der Waals surface area contributed by atoms with Gasteiger partial charge >= 0.3 is 0 Å². The molecule has 0 bridgehead atoms. The number of likely N-dealkylation sites (N-methyl/N-ethyl adjacent to an activating group) is 1. The molecule has 0 aliphatic carbocycles. The molecule has 0 atom stereocenters. The van der Waals surface area contributed by atoms with Gasteiger partial charge in [-0.15, -0.1) is 0 Å². The van der Waals surface area contributed by atoms with Gasteiger partial charge in [0, 0.05) is 11.0 Å². The third-order valence-electron chi connectivity index (χ3n) is 1.10. The van der Waals surface area contributed by atoms with Crippen LogP contribution in [0.25, 0.3) is 0 Å². The number of halogens is 1. The van der Waals surface area contributed by atoms with Gasteiger partial charge < -0.3 is 5.32 Å². The van der Waals surface area contributed by atoms with Crippen LogP contribution >= 0.6 is 15.9 Å².